The number of para-hydroxylation sites is 1. The van der Waals surface area contributed by atoms with Crippen molar-refractivity contribution in [3.63, 3.8) is 0 Å². The van der Waals surface area contributed by atoms with E-state index in [1.807, 2.05) is 62.4 Å². The SMILES string of the molecule is CCC(CC)(Cc1nc2ccccc2s1)C(=O)OCC(=O)Nc1ccc(N2CCOCC2)cc1. The Morgan fingerprint density at radius 3 is 2.47 bits per heavy atom. The zero-order valence-electron chi connectivity index (χ0n) is 19.7. The Bertz CT molecular complexity index is 1090. The molecule has 4 rings (SSSR count). The minimum atomic E-state index is -0.700. The predicted octanol–water partition coefficient (Wildman–Crippen LogP) is 4.66. The van der Waals surface area contributed by atoms with Crippen LogP contribution in [0.5, 0.6) is 0 Å². The highest BCUT2D eigenvalue weighted by Gasteiger charge is 2.38. The summed E-state index contributed by atoms with van der Waals surface area (Å²) >= 11 is 1.60. The summed E-state index contributed by atoms with van der Waals surface area (Å²) in [6, 6.07) is 15.6. The van der Waals surface area contributed by atoms with Crippen LogP contribution in [-0.2, 0) is 25.5 Å². The molecule has 0 saturated carbocycles. The minimum absolute atomic E-state index is 0.314. The number of carbonyl (C=O) groups excluding carboxylic acids is 2. The summed E-state index contributed by atoms with van der Waals surface area (Å²) in [6.07, 6.45) is 1.73. The molecule has 1 fully saturated rings. The molecule has 1 aliphatic heterocycles. The van der Waals surface area contributed by atoms with Crippen molar-refractivity contribution in [2.75, 3.05) is 43.1 Å². The Hall–Kier alpha value is -2.97. The van der Waals surface area contributed by atoms with E-state index in [9.17, 15) is 9.59 Å². The van der Waals surface area contributed by atoms with Gasteiger partial charge in [0.05, 0.1) is 33.9 Å². The van der Waals surface area contributed by atoms with Crippen LogP contribution in [0.15, 0.2) is 48.5 Å². The van der Waals surface area contributed by atoms with Crippen molar-refractivity contribution in [2.45, 2.75) is 33.1 Å². The van der Waals surface area contributed by atoms with Crippen LogP contribution < -0.4 is 10.2 Å². The topological polar surface area (TPSA) is 80.8 Å². The van der Waals surface area contributed by atoms with E-state index in [4.69, 9.17) is 9.47 Å². The first-order valence-electron chi connectivity index (χ1n) is 11.8. The first-order valence-corrected chi connectivity index (χ1v) is 12.6. The third kappa shape index (κ3) is 5.56. The number of fused-ring (bicyclic) bond motifs is 1. The number of morpholine rings is 1. The highest BCUT2D eigenvalue weighted by atomic mass is 32.1. The molecule has 2 heterocycles. The molecule has 0 atom stereocenters. The van der Waals surface area contributed by atoms with Gasteiger partial charge in [-0.2, -0.15) is 0 Å². The lowest BCUT2D eigenvalue weighted by Crippen LogP contribution is -2.36. The molecule has 7 nitrogen and oxygen atoms in total. The fourth-order valence-electron chi connectivity index (χ4n) is 4.20. The maximum Gasteiger partial charge on any atom is 0.312 e. The summed E-state index contributed by atoms with van der Waals surface area (Å²) in [7, 11) is 0. The van der Waals surface area contributed by atoms with Crippen LogP contribution in [0.3, 0.4) is 0 Å². The number of hydrogen-bond donors (Lipinski definition) is 1. The summed E-state index contributed by atoms with van der Waals surface area (Å²) in [5.41, 5.74) is 2.01. The fraction of sp³-hybridized carbons (Fsp3) is 0.423. The van der Waals surface area contributed by atoms with E-state index >= 15 is 0 Å². The number of hydrogen-bond acceptors (Lipinski definition) is 7. The number of ether oxygens (including phenoxy) is 2. The molecular formula is C26H31N3O4S. The molecule has 1 N–H and O–H groups in total. The van der Waals surface area contributed by atoms with Gasteiger partial charge in [0.25, 0.3) is 5.91 Å². The van der Waals surface area contributed by atoms with Gasteiger partial charge in [0.15, 0.2) is 6.61 Å². The lowest BCUT2D eigenvalue weighted by Gasteiger charge is -2.29. The van der Waals surface area contributed by atoms with E-state index in [-0.39, 0.29) is 18.5 Å². The molecule has 0 bridgehead atoms. The predicted molar refractivity (Wildman–Crippen MR) is 135 cm³/mol. The summed E-state index contributed by atoms with van der Waals surface area (Å²) in [5, 5.41) is 3.72. The Morgan fingerprint density at radius 2 is 1.79 bits per heavy atom. The Morgan fingerprint density at radius 1 is 1.09 bits per heavy atom. The van der Waals surface area contributed by atoms with Gasteiger partial charge < -0.3 is 19.7 Å². The van der Waals surface area contributed by atoms with Gasteiger partial charge in [-0.05, 0) is 49.2 Å². The lowest BCUT2D eigenvalue weighted by atomic mass is 9.79. The number of nitrogens with one attached hydrogen (secondary N) is 1. The average Bonchev–Trinajstić information content (AvgIpc) is 3.29. The molecule has 0 radical (unpaired) electrons. The number of anilines is 2. The van der Waals surface area contributed by atoms with Crippen molar-refractivity contribution in [3.8, 4) is 0 Å². The standard InChI is InChI=1S/C26H31N3O4S/c1-3-26(4-2,17-24-28-21-7-5-6-8-22(21)34-24)25(31)33-18-23(30)27-19-9-11-20(12-10-19)29-13-15-32-16-14-29/h5-12H,3-4,13-18H2,1-2H3,(H,27,30). The normalized spacial score (nSPS) is 14.2. The second-order valence-corrected chi connectivity index (χ2v) is 9.63. The fourth-order valence-corrected chi connectivity index (χ4v) is 5.32. The van der Waals surface area contributed by atoms with Gasteiger partial charge >= 0.3 is 5.97 Å². The summed E-state index contributed by atoms with van der Waals surface area (Å²) in [6.45, 7) is 6.80. The minimum Gasteiger partial charge on any atom is -0.455 e. The molecule has 180 valence electrons. The van der Waals surface area contributed by atoms with Crippen molar-refractivity contribution in [2.24, 2.45) is 5.41 Å². The molecule has 2 aromatic carbocycles. The van der Waals surface area contributed by atoms with E-state index in [0.29, 0.717) is 24.9 Å². The third-order valence-electron chi connectivity index (χ3n) is 6.48. The maximum absolute atomic E-state index is 13.1. The largest absolute Gasteiger partial charge is 0.455 e. The van der Waals surface area contributed by atoms with E-state index in [1.54, 1.807) is 11.3 Å². The second-order valence-electron chi connectivity index (χ2n) is 8.51. The summed E-state index contributed by atoms with van der Waals surface area (Å²) in [4.78, 5) is 32.5. The quantitative estimate of drug-likeness (QED) is 0.448. The highest BCUT2D eigenvalue weighted by Crippen LogP contribution is 2.35. The number of thiazole rings is 1. The van der Waals surface area contributed by atoms with Crippen molar-refractivity contribution in [1.82, 2.24) is 4.98 Å². The molecule has 1 aromatic heterocycles. The first-order chi connectivity index (χ1) is 16.5. The van der Waals surface area contributed by atoms with Crippen LogP contribution in [0.2, 0.25) is 0 Å². The van der Waals surface area contributed by atoms with Crippen molar-refractivity contribution in [1.29, 1.82) is 0 Å². The van der Waals surface area contributed by atoms with Crippen LogP contribution in [0.4, 0.5) is 11.4 Å². The third-order valence-corrected chi connectivity index (χ3v) is 7.51. The van der Waals surface area contributed by atoms with Gasteiger partial charge in [0, 0.05) is 30.9 Å². The molecule has 3 aromatic rings. The molecule has 34 heavy (non-hydrogen) atoms. The average molecular weight is 482 g/mol. The van der Waals surface area contributed by atoms with Gasteiger partial charge in [-0.25, -0.2) is 4.98 Å². The number of carbonyl (C=O) groups is 2. The molecule has 0 spiro atoms. The number of aromatic nitrogens is 1. The zero-order valence-corrected chi connectivity index (χ0v) is 20.5. The molecular weight excluding hydrogens is 450 g/mol. The number of rotatable bonds is 9. The van der Waals surface area contributed by atoms with Gasteiger partial charge in [-0.1, -0.05) is 26.0 Å². The Balaban J connectivity index is 1.33. The number of benzene rings is 2. The molecule has 1 saturated heterocycles. The van der Waals surface area contributed by atoms with Crippen LogP contribution in [0.25, 0.3) is 10.2 Å². The van der Waals surface area contributed by atoms with Crippen LogP contribution in [0.1, 0.15) is 31.7 Å². The van der Waals surface area contributed by atoms with Crippen LogP contribution >= 0.6 is 11.3 Å². The lowest BCUT2D eigenvalue weighted by molar-refractivity contribution is -0.158. The molecule has 0 aliphatic carbocycles. The van der Waals surface area contributed by atoms with Gasteiger partial charge in [0.1, 0.15) is 0 Å². The van der Waals surface area contributed by atoms with E-state index < -0.39 is 5.41 Å². The smallest absolute Gasteiger partial charge is 0.312 e. The van der Waals surface area contributed by atoms with Crippen LogP contribution in [0, 0.1) is 5.41 Å². The summed E-state index contributed by atoms with van der Waals surface area (Å²) in [5.74, 6) is -0.705. The van der Waals surface area contributed by atoms with E-state index in [0.717, 1.165) is 47.2 Å². The number of nitrogens with zero attached hydrogens (tertiary/aromatic N) is 2. The molecule has 0 unspecified atom stereocenters. The molecule has 1 aliphatic rings. The monoisotopic (exact) mass is 481 g/mol. The second kappa shape index (κ2) is 11.0. The van der Waals surface area contributed by atoms with E-state index in [1.165, 1.54) is 0 Å². The number of esters is 1. The number of amides is 1. The van der Waals surface area contributed by atoms with Crippen LogP contribution in [-0.4, -0.2) is 49.8 Å². The van der Waals surface area contributed by atoms with Gasteiger partial charge in [-0.3, -0.25) is 9.59 Å². The van der Waals surface area contributed by atoms with Crippen molar-refractivity contribution < 1.29 is 19.1 Å². The maximum atomic E-state index is 13.1. The van der Waals surface area contributed by atoms with E-state index in [2.05, 4.69) is 15.2 Å². The van der Waals surface area contributed by atoms with Gasteiger partial charge in [0.2, 0.25) is 0 Å². The molecule has 8 heteroatoms. The summed E-state index contributed by atoms with van der Waals surface area (Å²) < 4.78 is 12.0. The Labute approximate surface area is 204 Å². The van der Waals surface area contributed by atoms with Crippen molar-refractivity contribution >= 4 is 44.8 Å². The Kier molecular flexibility index (Phi) is 7.80. The highest BCUT2D eigenvalue weighted by molar-refractivity contribution is 7.18. The zero-order chi connectivity index (χ0) is 24.0. The van der Waals surface area contributed by atoms with Gasteiger partial charge in [-0.15, -0.1) is 11.3 Å². The van der Waals surface area contributed by atoms with Crippen molar-refractivity contribution in [3.05, 3.63) is 53.5 Å². The first kappa shape index (κ1) is 24.2. The molecule has 1 amide bonds.